The maximum absolute atomic E-state index is 12.3. The number of hydrogen-bond donors (Lipinski definition) is 2. The van der Waals surface area contributed by atoms with E-state index in [0.717, 1.165) is 51.5 Å². The number of carboxylic acids is 1. The third-order valence-corrected chi connectivity index (χ3v) is 4.49. The Morgan fingerprint density at radius 1 is 1.26 bits per heavy atom. The summed E-state index contributed by atoms with van der Waals surface area (Å²) in [4.78, 5) is 25.3. The molecule has 0 aromatic heterocycles. The number of nitrogens with one attached hydrogen (secondary N) is 1. The number of rotatable bonds is 3. The van der Waals surface area contributed by atoms with E-state index >= 15 is 0 Å². The molecule has 0 spiro atoms. The smallest absolute Gasteiger partial charge is 0.318 e. The SMILES string of the molecule is CC1CCCN1C(=O)NC1(CC(=O)O)CCCCC1. The largest absolute Gasteiger partial charge is 0.481 e. The van der Waals surface area contributed by atoms with Gasteiger partial charge in [-0.3, -0.25) is 4.79 Å². The Balaban J connectivity index is 2.02. The number of aliphatic carboxylic acids is 1. The first-order valence-corrected chi connectivity index (χ1v) is 7.33. The van der Waals surface area contributed by atoms with Crippen LogP contribution in [-0.4, -0.2) is 40.1 Å². The van der Waals surface area contributed by atoms with E-state index in [4.69, 9.17) is 5.11 Å². The van der Waals surface area contributed by atoms with Gasteiger partial charge in [-0.1, -0.05) is 19.3 Å². The van der Waals surface area contributed by atoms with E-state index in [1.54, 1.807) is 0 Å². The maximum atomic E-state index is 12.3. The fourth-order valence-corrected chi connectivity index (χ4v) is 3.40. The molecule has 1 saturated carbocycles. The number of amides is 2. The topological polar surface area (TPSA) is 69.6 Å². The first-order chi connectivity index (χ1) is 9.02. The molecule has 2 N–H and O–H groups in total. The Kier molecular flexibility index (Phi) is 4.32. The maximum Gasteiger partial charge on any atom is 0.318 e. The number of urea groups is 1. The highest BCUT2D eigenvalue weighted by Gasteiger charge is 2.38. The lowest BCUT2D eigenvalue weighted by molar-refractivity contribution is -0.139. The standard InChI is InChI=1S/C14H24N2O3/c1-11-6-5-9-16(11)13(19)15-14(10-12(17)18)7-3-2-4-8-14/h11H,2-10H2,1H3,(H,15,19)(H,17,18). The van der Waals surface area contributed by atoms with Gasteiger partial charge in [-0.25, -0.2) is 4.79 Å². The summed E-state index contributed by atoms with van der Waals surface area (Å²) in [5.41, 5.74) is -0.524. The first-order valence-electron chi connectivity index (χ1n) is 7.33. The van der Waals surface area contributed by atoms with Gasteiger partial charge in [0.05, 0.1) is 12.0 Å². The molecular formula is C14H24N2O3. The minimum absolute atomic E-state index is 0.0426. The minimum atomic E-state index is -0.823. The first kappa shape index (κ1) is 14.2. The van der Waals surface area contributed by atoms with E-state index in [9.17, 15) is 9.59 Å². The highest BCUT2D eigenvalue weighted by Crippen LogP contribution is 2.31. The summed E-state index contributed by atoms with van der Waals surface area (Å²) in [6.45, 7) is 2.84. The van der Waals surface area contributed by atoms with Gasteiger partial charge < -0.3 is 15.3 Å². The van der Waals surface area contributed by atoms with E-state index in [1.165, 1.54) is 0 Å². The average molecular weight is 268 g/mol. The molecule has 1 unspecified atom stereocenters. The molecule has 1 aliphatic carbocycles. The molecule has 19 heavy (non-hydrogen) atoms. The highest BCUT2D eigenvalue weighted by molar-refractivity contribution is 5.77. The van der Waals surface area contributed by atoms with Crippen LogP contribution in [0.25, 0.3) is 0 Å². The van der Waals surface area contributed by atoms with Gasteiger partial charge in [0, 0.05) is 12.6 Å². The van der Waals surface area contributed by atoms with Crippen LogP contribution in [0.3, 0.4) is 0 Å². The summed E-state index contributed by atoms with van der Waals surface area (Å²) >= 11 is 0. The normalized spacial score (nSPS) is 26.2. The highest BCUT2D eigenvalue weighted by atomic mass is 16.4. The number of carbonyl (C=O) groups excluding carboxylic acids is 1. The second-order valence-electron chi connectivity index (χ2n) is 6.03. The number of nitrogens with zero attached hydrogens (tertiary/aromatic N) is 1. The Bertz CT molecular complexity index is 351. The van der Waals surface area contributed by atoms with E-state index in [-0.39, 0.29) is 18.5 Å². The van der Waals surface area contributed by atoms with Crippen LogP contribution in [0.2, 0.25) is 0 Å². The lowest BCUT2D eigenvalue weighted by Gasteiger charge is -2.38. The van der Waals surface area contributed by atoms with Crippen LogP contribution in [-0.2, 0) is 4.79 Å². The van der Waals surface area contributed by atoms with Crippen LogP contribution in [0.4, 0.5) is 4.79 Å². The third kappa shape index (κ3) is 3.39. The van der Waals surface area contributed by atoms with E-state index in [0.29, 0.717) is 0 Å². The molecule has 1 atom stereocenters. The van der Waals surface area contributed by atoms with E-state index in [1.807, 2.05) is 4.90 Å². The van der Waals surface area contributed by atoms with Gasteiger partial charge in [0.15, 0.2) is 0 Å². The van der Waals surface area contributed by atoms with Crippen LogP contribution in [0.5, 0.6) is 0 Å². The van der Waals surface area contributed by atoms with Crippen LogP contribution in [0.15, 0.2) is 0 Å². The lowest BCUT2D eigenvalue weighted by Crippen LogP contribution is -2.55. The molecule has 0 aromatic carbocycles. The van der Waals surface area contributed by atoms with Crippen LogP contribution >= 0.6 is 0 Å². The zero-order valence-electron chi connectivity index (χ0n) is 11.7. The van der Waals surface area contributed by atoms with Crippen molar-refractivity contribution in [3.8, 4) is 0 Å². The molecule has 1 saturated heterocycles. The Labute approximate surface area is 114 Å². The monoisotopic (exact) mass is 268 g/mol. The van der Waals surface area contributed by atoms with Crippen molar-refractivity contribution in [3.63, 3.8) is 0 Å². The molecule has 108 valence electrons. The summed E-state index contributed by atoms with van der Waals surface area (Å²) < 4.78 is 0. The van der Waals surface area contributed by atoms with Gasteiger partial charge in [0.2, 0.25) is 0 Å². The third-order valence-electron chi connectivity index (χ3n) is 4.49. The molecule has 0 aromatic rings. The number of carboxylic acid groups (broad SMARTS) is 1. The van der Waals surface area contributed by atoms with Crippen LogP contribution in [0.1, 0.15) is 58.3 Å². The zero-order valence-corrected chi connectivity index (χ0v) is 11.7. The average Bonchev–Trinajstić information content (AvgIpc) is 2.75. The molecule has 2 fully saturated rings. The predicted octanol–water partition coefficient (Wildman–Crippen LogP) is 2.36. The summed E-state index contributed by atoms with van der Waals surface area (Å²) in [5.74, 6) is -0.823. The predicted molar refractivity (Wildman–Crippen MR) is 72.0 cm³/mol. The van der Waals surface area contributed by atoms with Gasteiger partial charge in [-0.2, -0.15) is 0 Å². The van der Waals surface area contributed by atoms with Crippen molar-refractivity contribution < 1.29 is 14.7 Å². The molecular weight excluding hydrogens is 244 g/mol. The zero-order chi connectivity index (χ0) is 13.9. The van der Waals surface area contributed by atoms with Gasteiger partial charge in [0.1, 0.15) is 0 Å². The molecule has 0 radical (unpaired) electrons. The van der Waals surface area contributed by atoms with Crippen molar-refractivity contribution in [2.45, 2.75) is 69.9 Å². The molecule has 2 aliphatic rings. The Morgan fingerprint density at radius 2 is 1.95 bits per heavy atom. The Morgan fingerprint density at radius 3 is 2.47 bits per heavy atom. The van der Waals surface area contributed by atoms with Crippen LogP contribution in [0, 0.1) is 0 Å². The van der Waals surface area contributed by atoms with Gasteiger partial charge in [-0.15, -0.1) is 0 Å². The molecule has 5 nitrogen and oxygen atoms in total. The molecule has 0 bridgehead atoms. The second-order valence-corrected chi connectivity index (χ2v) is 6.03. The van der Waals surface area contributed by atoms with Crippen molar-refractivity contribution in [2.75, 3.05) is 6.54 Å². The quantitative estimate of drug-likeness (QED) is 0.825. The molecule has 5 heteroatoms. The minimum Gasteiger partial charge on any atom is -0.481 e. The van der Waals surface area contributed by atoms with Crippen LogP contribution < -0.4 is 5.32 Å². The van der Waals surface area contributed by atoms with Crippen molar-refractivity contribution in [1.29, 1.82) is 0 Å². The molecule has 2 amide bonds. The van der Waals surface area contributed by atoms with Crippen molar-refractivity contribution in [3.05, 3.63) is 0 Å². The number of hydrogen-bond acceptors (Lipinski definition) is 2. The summed E-state index contributed by atoms with van der Waals surface area (Å²) in [5, 5.41) is 12.1. The van der Waals surface area contributed by atoms with Gasteiger partial charge in [-0.05, 0) is 32.6 Å². The molecule has 2 rings (SSSR count). The Hall–Kier alpha value is -1.26. The summed E-state index contributed by atoms with van der Waals surface area (Å²) in [6.07, 6.45) is 6.84. The van der Waals surface area contributed by atoms with Crippen molar-refractivity contribution >= 4 is 12.0 Å². The summed E-state index contributed by atoms with van der Waals surface area (Å²) in [6, 6.07) is 0.193. The van der Waals surface area contributed by atoms with Gasteiger partial charge >= 0.3 is 12.0 Å². The fourth-order valence-electron chi connectivity index (χ4n) is 3.40. The van der Waals surface area contributed by atoms with E-state index in [2.05, 4.69) is 12.2 Å². The van der Waals surface area contributed by atoms with Gasteiger partial charge in [0.25, 0.3) is 0 Å². The molecule has 1 aliphatic heterocycles. The van der Waals surface area contributed by atoms with Crippen molar-refractivity contribution in [2.24, 2.45) is 0 Å². The lowest BCUT2D eigenvalue weighted by atomic mass is 9.79. The second kappa shape index (κ2) is 5.80. The van der Waals surface area contributed by atoms with Crippen molar-refractivity contribution in [1.82, 2.24) is 10.2 Å². The molecule has 1 heterocycles. The van der Waals surface area contributed by atoms with E-state index < -0.39 is 11.5 Å². The fraction of sp³-hybridized carbons (Fsp3) is 0.857. The number of carbonyl (C=O) groups is 2. The summed E-state index contributed by atoms with van der Waals surface area (Å²) in [7, 11) is 0. The number of likely N-dealkylation sites (tertiary alicyclic amines) is 1.